The minimum absolute atomic E-state index is 0.102. The van der Waals surface area contributed by atoms with Crippen molar-refractivity contribution in [3.63, 3.8) is 0 Å². The number of anilines is 2. The van der Waals surface area contributed by atoms with E-state index in [1.165, 1.54) is 24.3 Å². The molecule has 0 aliphatic rings. The second-order valence-electron chi connectivity index (χ2n) is 4.48. The van der Waals surface area contributed by atoms with E-state index in [9.17, 15) is 8.42 Å². The molecule has 2 aromatic carbocycles. The Morgan fingerprint density at radius 2 is 1.43 bits per heavy atom. The van der Waals surface area contributed by atoms with Gasteiger partial charge in [0.25, 0.3) is 10.0 Å². The predicted molar refractivity (Wildman–Crippen MR) is 84.2 cm³/mol. The van der Waals surface area contributed by atoms with Gasteiger partial charge in [-0.15, -0.1) is 0 Å². The summed E-state index contributed by atoms with van der Waals surface area (Å²) in [5, 5.41) is 3.90. The van der Waals surface area contributed by atoms with Crippen molar-refractivity contribution in [2.45, 2.75) is 11.8 Å². The van der Waals surface area contributed by atoms with Crippen LogP contribution in [0.5, 0.6) is 0 Å². The van der Waals surface area contributed by atoms with Gasteiger partial charge in [0.15, 0.2) is 0 Å². The molecule has 0 spiro atoms. The van der Waals surface area contributed by atoms with Gasteiger partial charge in [-0.05, 0) is 48.9 Å². The lowest BCUT2D eigenvalue weighted by Crippen LogP contribution is -2.20. The largest absolute Gasteiger partial charge is 0.399 e. The van der Waals surface area contributed by atoms with Gasteiger partial charge in [-0.2, -0.15) is 18.4 Å². The highest BCUT2D eigenvalue weighted by Crippen LogP contribution is 2.12. The molecule has 7 heteroatoms. The van der Waals surface area contributed by atoms with Crippen molar-refractivity contribution in [3.05, 3.63) is 54.1 Å². The van der Waals surface area contributed by atoms with Gasteiger partial charge in [-0.3, -0.25) is 0 Å². The molecule has 0 radical (unpaired) electrons. The maximum Gasteiger partial charge on any atom is 0.276 e. The summed E-state index contributed by atoms with van der Waals surface area (Å²) in [6.45, 7) is 1.71. The third-order valence-corrected chi connectivity index (χ3v) is 4.08. The van der Waals surface area contributed by atoms with Crippen LogP contribution in [0.25, 0.3) is 0 Å². The van der Waals surface area contributed by atoms with Crippen LogP contribution in [0, 0.1) is 0 Å². The molecule has 6 nitrogen and oxygen atoms in total. The molecule has 21 heavy (non-hydrogen) atoms. The molecule has 0 heterocycles. The van der Waals surface area contributed by atoms with Crippen LogP contribution in [0.15, 0.2) is 58.5 Å². The first-order valence-corrected chi connectivity index (χ1v) is 7.64. The maximum absolute atomic E-state index is 12.1. The number of sulfonamides is 1. The Kier molecular flexibility index (Phi) is 4.13. The monoisotopic (exact) mass is 304 g/mol. The first kappa shape index (κ1) is 14.9. The molecule has 0 atom stereocenters. The van der Waals surface area contributed by atoms with Gasteiger partial charge >= 0.3 is 0 Å². The Hall–Kier alpha value is -2.54. The Bertz CT molecular complexity index is 751. The number of nitrogens with two attached hydrogens (primary N) is 2. The van der Waals surface area contributed by atoms with E-state index in [1.807, 2.05) is 0 Å². The standard InChI is InChI=1S/C14H16N4O2S/c1-10(11-2-4-12(15)5-3-11)17-18-21(19,20)14-8-6-13(16)7-9-14/h2-9,18H,15-16H2,1H3/b17-10-. The molecule has 2 aromatic rings. The molecular formula is C14H16N4O2S. The molecule has 110 valence electrons. The molecule has 0 aromatic heterocycles. The topological polar surface area (TPSA) is 111 Å². The van der Waals surface area contributed by atoms with Gasteiger partial charge in [0.1, 0.15) is 0 Å². The fourth-order valence-corrected chi connectivity index (χ4v) is 2.47. The number of hydrogen-bond donors (Lipinski definition) is 3. The van der Waals surface area contributed by atoms with E-state index < -0.39 is 10.0 Å². The number of hydrogen-bond acceptors (Lipinski definition) is 5. The maximum atomic E-state index is 12.1. The third kappa shape index (κ3) is 3.73. The smallest absolute Gasteiger partial charge is 0.276 e. The van der Waals surface area contributed by atoms with Gasteiger partial charge in [-0.1, -0.05) is 12.1 Å². The fraction of sp³-hybridized carbons (Fsp3) is 0.0714. The van der Waals surface area contributed by atoms with E-state index in [1.54, 1.807) is 31.2 Å². The molecule has 0 amide bonds. The van der Waals surface area contributed by atoms with Crippen LogP contribution in [0.4, 0.5) is 11.4 Å². The quantitative estimate of drug-likeness (QED) is 0.452. The molecule has 0 unspecified atom stereocenters. The molecule has 0 bridgehead atoms. The summed E-state index contributed by atoms with van der Waals surface area (Å²) in [5.41, 5.74) is 13.6. The van der Waals surface area contributed by atoms with Crippen molar-refractivity contribution < 1.29 is 8.42 Å². The summed E-state index contributed by atoms with van der Waals surface area (Å²) in [5.74, 6) is 0. The summed E-state index contributed by atoms with van der Waals surface area (Å²) in [4.78, 5) is 2.30. The number of benzene rings is 2. The summed E-state index contributed by atoms with van der Waals surface area (Å²) in [6.07, 6.45) is 0. The molecule has 2 rings (SSSR count). The molecule has 0 fully saturated rings. The van der Waals surface area contributed by atoms with Crippen molar-refractivity contribution in [3.8, 4) is 0 Å². The molecule has 0 aliphatic heterocycles. The van der Waals surface area contributed by atoms with Gasteiger partial charge in [0.05, 0.1) is 10.6 Å². The minimum atomic E-state index is -3.71. The number of rotatable bonds is 4. The Morgan fingerprint density at radius 3 is 1.95 bits per heavy atom. The molecule has 0 aliphatic carbocycles. The average molecular weight is 304 g/mol. The lowest BCUT2D eigenvalue weighted by Gasteiger charge is -2.06. The Labute approximate surface area is 123 Å². The lowest BCUT2D eigenvalue weighted by atomic mass is 10.1. The van der Waals surface area contributed by atoms with Crippen molar-refractivity contribution in [2.75, 3.05) is 11.5 Å². The summed E-state index contributed by atoms with van der Waals surface area (Å²) >= 11 is 0. The van der Waals surface area contributed by atoms with Crippen LogP contribution in [0.2, 0.25) is 0 Å². The molecule has 5 N–H and O–H groups in total. The van der Waals surface area contributed by atoms with Crippen molar-refractivity contribution >= 4 is 27.1 Å². The van der Waals surface area contributed by atoms with Crippen LogP contribution in [-0.4, -0.2) is 14.1 Å². The zero-order valence-corrected chi connectivity index (χ0v) is 12.3. The second kappa shape index (κ2) is 5.84. The molecule has 0 saturated heterocycles. The van der Waals surface area contributed by atoms with Gasteiger partial charge in [0, 0.05) is 11.4 Å². The zero-order chi connectivity index (χ0) is 15.5. The summed E-state index contributed by atoms with van der Waals surface area (Å²) in [6, 6.07) is 12.9. The van der Waals surface area contributed by atoms with E-state index in [0.29, 0.717) is 17.1 Å². The summed E-state index contributed by atoms with van der Waals surface area (Å²) in [7, 11) is -3.71. The van der Waals surface area contributed by atoms with E-state index in [4.69, 9.17) is 11.5 Å². The minimum Gasteiger partial charge on any atom is -0.399 e. The second-order valence-corrected chi connectivity index (χ2v) is 6.14. The lowest BCUT2D eigenvalue weighted by molar-refractivity contribution is 0.584. The van der Waals surface area contributed by atoms with Crippen molar-refractivity contribution in [2.24, 2.45) is 5.10 Å². The molecular weight excluding hydrogens is 288 g/mol. The molecule has 0 saturated carbocycles. The normalized spacial score (nSPS) is 12.1. The van der Waals surface area contributed by atoms with E-state index in [-0.39, 0.29) is 4.90 Å². The highest BCUT2D eigenvalue weighted by Gasteiger charge is 2.12. The first-order chi connectivity index (χ1) is 9.88. The van der Waals surface area contributed by atoms with Gasteiger partial charge < -0.3 is 11.5 Å². The number of nitrogens with one attached hydrogen (secondary N) is 1. The van der Waals surface area contributed by atoms with Crippen LogP contribution in [0.3, 0.4) is 0 Å². The van der Waals surface area contributed by atoms with Gasteiger partial charge in [0.2, 0.25) is 0 Å². The third-order valence-electron chi connectivity index (χ3n) is 2.85. The number of hydrazone groups is 1. The zero-order valence-electron chi connectivity index (χ0n) is 11.4. The van der Waals surface area contributed by atoms with Crippen LogP contribution in [-0.2, 0) is 10.0 Å². The van der Waals surface area contributed by atoms with E-state index >= 15 is 0 Å². The highest BCUT2D eigenvalue weighted by molar-refractivity contribution is 7.89. The summed E-state index contributed by atoms with van der Waals surface area (Å²) < 4.78 is 24.1. The van der Waals surface area contributed by atoms with Gasteiger partial charge in [-0.25, -0.2) is 0 Å². The van der Waals surface area contributed by atoms with E-state index in [0.717, 1.165) is 5.56 Å². The van der Waals surface area contributed by atoms with Crippen LogP contribution in [0.1, 0.15) is 12.5 Å². The average Bonchev–Trinajstić information content (AvgIpc) is 2.46. The number of nitrogens with zero attached hydrogens (tertiary/aromatic N) is 1. The SMILES string of the molecule is C/C(=N/NS(=O)(=O)c1ccc(N)cc1)c1ccc(N)cc1. The van der Waals surface area contributed by atoms with Crippen LogP contribution < -0.4 is 16.3 Å². The van der Waals surface area contributed by atoms with E-state index in [2.05, 4.69) is 9.93 Å². The number of nitrogen functional groups attached to an aromatic ring is 2. The first-order valence-electron chi connectivity index (χ1n) is 6.16. The Morgan fingerprint density at radius 1 is 0.952 bits per heavy atom. The van der Waals surface area contributed by atoms with Crippen molar-refractivity contribution in [1.82, 2.24) is 4.83 Å². The van der Waals surface area contributed by atoms with Crippen LogP contribution >= 0.6 is 0 Å². The van der Waals surface area contributed by atoms with Crippen molar-refractivity contribution in [1.29, 1.82) is 0 Å². The highest BCUT2D eigenvalue weighted by atomic mass is 32.2. The fourth-order valence-electron chi connectivity index (χ4n) is 1.62. The Balaban J connectivity index is 2.18. The predicted octanol–water partition coefficient (Wildman–Crippen LogP) is 1.55.